The Hall–Kier alpha value is -1.10. The van der Waals surface area contributed by atoms with Crippen molar-refractivity contribution >= 4 is 22.4 Å². The van der Waals surface area contributed by atoms with Crippen LogP contribution in [0.4, 0.5) is 5.13 Å². The first kappa shape index (κ1) is 14.0. The van der Waals surface area contributed by atoms with Gasteiger partial charge >= 0.3 is 5.97 Å². The molecule has 96 valence electrons. The van der Waals surface area contributed by atoms with E-state index in [1.54, 1.807) is 12.3 Å². The number of thiazole rings is 1. The highest BCUT2D eigenvalue weighted by molar-refractivity contribution is 7.13. The molecule has 5 heteroatoms. The molecule has 0 aliphatic carbocycles. The predicted molar refractivity (Wildman–Crippen MR) is 70.7 cm³/mol. The molecule has 1 N–H and O–H groups in total. The fraction of sp³-hybridized carbons (Fsp3) is 0.667. The summed E-state index contributed by atoms with van der Waals surface area (Å²) in [4.78, 5) is 15.6. The number of carbonyl (C=O) groups is 1. The number of anilines is 1. The highest BCUT2D eigenvalue weighted by Gasteiger charge is 2.12. The Bertz CT molecular complexity index is 352. The van der Waals surface area contributed by atoms with E-state index in [-0.39, 0.29) is 5.97 Å². The van der Waals surface area contributed by atoms with Gasteiger partial charge in [0.25, 0.3) is 0 Å². The molecule has 0 saturated heterocycles. The largest absolute Gasteiger partial charge is 0.461 e. The maximum absolute atomic E-state index is 11.4. The van der Waals surface area contributed by atoms with Gasteiger partial charge < -0.3 is 10.1 Å². The molecule has 0 spiro atoms. The molecule has 4 nitrogen and oxygen atoms in total. The first-order valence-corrected chi connectivity index (χ1v) is 6.94. The average Bonchev–Trinajstić information content (AvgIpc) is 2.75. The van der Waals surface area contributed by atoms with Gasteiger partial charge in [0, 0.05) is 11.4 Å². The van der Waals surface area contributed by atoms with E-state index in [2.05, 4.69) is 24.1 Å². The van der Waals surface area contributed by atoms with E-state index in [0.717, 1.165) is 11.6 Å². The summed E-state index contributed by atoms with van der Waals surface area (Å²) in [6, 6.07) is 0.385. The van der Waals surface area contributed by atoms with Crippen LogP contribution in [0.3, 0.4) is 0 Å². The first-order valence-electron chi connectivity index (χ1n) is 6.06. The summed E-state index contributed by atoms with van der Waals surface area (Å²) in [5.74, 6) is -0.349. The summed E-state index contributed by atoms with van der Waals surface area (Å²) in [5, 5.41) is 5.81. The zero-order chi connectivity index (χ0) is 12.7. The van der Waals surface area contributed by atoms with Gasteiger partial charge in [-0.25, -0.2) is 9.78 Å². The van der Waals surface area contributed by atoms with Crippen molar-refractivity contribution in [2.45, 2.75) is 46.1 Å². The van der Waals surface area contributed by atoms with Crippen molar-refractivity contribution in [1.29, 1.82) is 0 Å². The van der Waals surface area contributed by atoms with Crippen molar-refractivity contribution in [1.82, 2.24) is 4.98 Å². The summed E-state index contributed by atoms with van der Waals surface area (Å²) < 4.78 is 4.89. The lowest BCUT2D eigenvalue weighted by atomic mass is 10.1. The SMILES string of the molecule is CCCCC(C)Nc1nc(C(=O)OCC)cs1. The van der Waals surface area contributed by atoms with Crippen LogP contribution in [0.2, 0.25) is 0 Å². The van der Waals surface area contributed by atoms with E-state index in [0.29, 0.717) is 18.3 Å². The van der Waals surface area contributed by atoms with E-state index in [9.17, 15) is 4.79 Å². The second kappa shape index (κ2) is 7.27. The summed E-state index contributed by atoms with van der Waals surface area (Å²) in [7, 11) is 0. The van der Waals surface area contributed by atoms with E-state index in [4.69, 9.17) is 4.74 Å². The predicted octanol–water partition coefficient (Wildman–Crippen LogP) is 3.31. The minimum Gasteiger partial charge on any atom is -0.461 e. The number of aromatic nitrogens is 1. The molecule has 0 amide bonds. The minimum absolute atomic E-state index is 0.349. The molecule has 1 rings (SSSR count). The number of nitrogens with zero attached hydrogens (tertiary/aromatic N) is 1. The first-order chi connectivity index (χ1) is 8.17. The highest BCUT2D eigenvalue weighted by Crippen LogP contribution is 2.18. The van der Waals surface area contributed by atoms with Crippen LogP contribution in [-0.2, 0) is 4.74 Å². The standard InChI is InChI=1S/C12H20N2O2S/c1-4-6-7-9(3)13-12-14-10(8-17-12)11(15)16-5-2/h8-9H,4-7H2,1-3H3,(H,13,14). The molecule has 0 fully saturated rings. The van der Waals surface area contributed by atoms with Gasteiger partial charge in [0.1, 0.15) is 0 Å². The van der Waals surface area contributed by atoms with Gasteiger partial charge in [-0.1, -0.05) is 19.8 Å². The highest BCUT2D eigenvalue weighted by atomic mass is 32.1. The quantitative estimate of drug-likeness (QED) is 0.760. The van der Waals surface area contributed by atoms with Crippen LogP contribution in [0.5, 0.6) is 0 Å². The van der Waals surface area contributed by atoms with Crippen molar-refractivity contribution in [3.8, 4) is 0 Å². The number of carbonyl (C=O) groups excluding carboxylic acids is 1. The van der Waals surface area contributed by atoms with E-state index in [1.807, 2.05) is 0 Å². The van der Waals surface area contributed by atoms with Gasteiger partial charge in [-0.05, 0) is 20.3 Å². The lowest BCUT2D eigenvalue weighted by molar-refractivity contribution is 0.0520. The molecule has 1 aromatic rings. The van der Waals surface area contributed by atoms with Crippen molar-refractivity contribution < 1.29 is 9.53 Å². The average molecular weight is 256 g/mol. The van der Waals surface area contributed by atoms with Gasteiger partial charge in [0.15, 0.2) is 10.8 Å². The smallest absolute Gasteiger partial charge is 0.357 e. The molecule has 0 bridgehead atoms. The van der Waals surface area contributed by atoms with Gasteiger partial charge in [-0.15, -0.1) is 11.3 Å². The van der Waals surface area contributed by atoms with Crippen LogP contribution in [0.1, 0.15) is 50.5 Å². The van der Waals surface area contributed by atoms with Gasteiger partial charge in [0.2, 0.25) is 0 Å². The Morgan fingerprint density at radius 1 is 1.59 bits per heavy atom. The minimum atomic E-state index is -0.349. The maximum Gasteiger partial charge on any atom is 0.357 e. The third-order valence-corrected chi connectivity index (χ3v) is 3.12. The molecule has 1 unspecified atom stereocenters. The number of ether oxygens (including phenoxy) is 1. The third-order valence-electron chi connectivity index (χ3n) is 2.35. The van der Waals surface area contributed by atoms with Gasteiger partial charge in [-0.2, -0.15) is 0 Å². The Labute approximate surface area is 106 Å². The molecule has 0 saturated carbocycles. The third kappa shape index (κ3) is 4.73. The molecule has 1 atom stereocenters. The Morgan fingerprint density at radius 2 is 2.35 bits per heavy atom. The van der Waals surface area contributed by atoms with E-state index in [1.165, 1.54) is 24.2 Å². The molecule has 0 aromatic carbocycles. The fourth-order valence-electron chi connectivity index (χ4n) is 1.43. The monoisotopic (exact) mass is 256 g/mol. The van der Waals surface area contributed by atoms with Crippen LogP contribution in [0.15, 0.2) is 5.38 Å². The Balaban J connectivity index is 2.47. The van der Waals surface area contributed by atoms with Crippen LogP contribution < -0.4 is 5.32 Å². The maximum atomic E-state index is 11.4. The zero-order valence-electron chi connectivity index (χ0n) is 10.7. The summed E-state index contributed by atoms with van der Waals surface area (Å²) in [6.45, 7) is 6.47. The fourth-order valence-corrected chi connectivity index (χ4v) is 2.22. The second-order valence-corrected chi connectivity index (χ2v) is 4.80. The molecule has 0 radical (unpaired) electrons. The number of unbranched alkanes of at least 4 members (excludes halogenated alkanes) is 1. The molecule has 0 aliphatic heterocycles. The molecule has 1 heterocycles. The van der Waals surface area contributed by atoms with Crippen LogP contribution >= 0.6 is 11.3 Å². The van der Waals surface area contributed by atoms with Crippen molar-refractivity contribution in [3.05, 3.63) is 11.1 Å². The van der Waals surface area contributed by atoms with Crippen LogP contribution in [0.25, 0.3) is 0 Å². The second-order valence-electron chi connectivity index (χ2n) is 3.95. The summed E-state index contributed by atoms with van der Waals surface area (Å²) in [5.41, 5.74) is 0.391. The van der Waals surface area contributed by atoms with E-state index >= 15 is 0 Å². The lowest BCUT2D eigenvalue weighted by Crippen LogP contribution is -2.15. The van der Waals surface area contributed by atoms with Crippen molar-refractivity contribution in [2.75, 3.05) is 11.9 Å². The number of hydrogen-bond acceptors (Lipinski definition) is 5. The Morgan fingerprint density at radius 3 is 3.00 bits per heavy atom. The molecule has 17 heavy (non-hydrogen) atoms. The lowest BCUT2D eigenvalue weighted by Gasteiger charge is -2.11. The topological polar surface area (TPSA) is 51.2 Å². The van der Waals surface area contributed by atoms with Crippen LogP contribution in [0, 0.1) is 0 Å². The normalized spacial score (nSPS) is 12.2. The molecular formula is C12H20N2O2S. The number of rotatable bonds is 7. The van der Waals surface area contributed by atoms with Crippen molar-refractivity contribution in [2.24, 2.45) is 0 Å². The molecule has 0 aliphatic rings. The molecule has 1 aromatic heterocycles. The zero-order valence-corrected chi connectivity index (χ0v) is 11.5. The van der Waals surface area contributed by atoms with Crippen LogP contribution in [-0.4, -0.2) is 23.6 Å². The van der Waals surface area contributed by atoms with Crippen molar-refractivity contribution in [3.63, 3.8) is 0 Å². The summed E-state index contributed by atoms with van der Waals surface area (Å²) >= 11 is 1.44. The number of hydrogen-bond donors (Lipinski definition) is 1. The number of nitrogens with one attached hydrogen (secondary N) is 1. The Kier molecular flexibility index (Phi) is 5.97. The number of esters is 1. The van der Waals surface area contributed by atoms with E-state index < -0.39 is 0 Å². The van der Waals surface area contributed by atoms with Gasteiger partial charge in [0.05, 0.1) is 6.61 Å². The molecular weight excluding hydrogens is 236 g/mol. The van der Waals surface area contributed by atoms with Gasteiger partial charge in [-0.3, -0.25) is 0 Å². The summed E-state index contributed by atoms with van der Waals surface area (Å²) in [6.07, 6.45) is 3.51.